The summed E-state index contributed by atoms with van der Waals surface area (Å²) in [5.74, 6) is -1.88. The number of halogens is 2. The fraction of sp³-hybridized carbons (Fsp3) is 0.111. The SMILES string of the molecule is O=C(NCc1ccc(F)cc1F)c1cc(OCc2ccccc2)no1. The van der Waals surface area contributed by atoms with E-state index in [0.29, 0.717) is 0 Å². The van der Waals surface area contributed by atoms with Crippen LogP contribution in [-0.4, -0.2) is 11.1 Å². The van der Waals surface area contributed by atoms with Crippen LogP contribution in [0.4, 0.5) is 8.78 Å². The van der Waals surface area contributed by atoms with Crippen molar-refractivity contribution < 1.29 is 22.8 Å². The molecule has 0 atom stereocenters. The number of hydrogen-bond acceptors (Lipinski definition) is 4. The molecule has 1 N–H and O–H groups in total. The van der Waals surface area contributed by atoms with Gasteiger partial charge in [0.25, 0.3) is 11.8 Å². The molecule has 7 heteroatoms. The van der Waals surface area contributed by atoms with Gasteiger partial charge in [0.2, 0.25) is 5.76 Å². The minimum Gasteiger partial charge on any atom is -0.471 e. The van der Waals surface area contributed by atoms with E-state index >= 15 is 0 Å². The van der Waals surface area contributed by atoms with Crippen LogP contribution in [0.3, 0.4) is 0 Å². The second-order valence-electron chi connectivity index (χ2n) is 5.22. The lowest BCUT2D eigenvalue weighted by Gasteiger charge is -2.04. The van der Waals surface area contributed by atoms with Crippen LogP contribution in [0.1, 0.15) is 21.7 Å². The van der Waals surface area contributed by atoms with Crippen molar-refractivity contribution in [2.24, 2.45) is 0 Å². The van der Waals surface area contributed by atoms with Gasteiger partial charge in [-0.3, -0.25) is 4.79 Å². The van der Waals surface area contributed by atoms with E-state index in [1.54, 1.807) is 0 Å². The largest absolute Gasteiger partial charge is 0.471 e. The lowest BCUT2D eigenvalue weighted by atomic mass is 10.2. The summed E-state index contributed by atoms with van der Waals surface area (Å²) in [6, 6.07) is 13.9. The number of amides is 1. The van der Waals surface area contributed by atoms with Crippen molar-refractivity contribution >= 4 is 5.91 Å². The molecule has 0 aliphatic rings. The molecule has 0 unspecified atom stereocenters. The molecule has 3 rings (SSSR count). The van der Waals surface area contributed by atoms with E-state index in [0.717, 1.165) is 17.7 Å². The van der Waals surface area contributed by atoms with E-state index in [4.69, 9.17) is 9.26 Å². The summed E-state index contributed by atoms with van der Waals surface area (Å²) in [6.07, 6.45) is 0. The van der Waals surface area contributed by atoms with Crippen LogP contribution < -0.4 is 10.1 Å². The second kappa shape index (κ2) is 7.57. The third-order valence-corrected chi connectivity index (χ3v) is 3.40. The molecular weight excluding hydrogens is 330 g/mol. The van der Waals surface area contributed by atoms with Gasteiger partial charge in [0.15, 0.2) is 0 Å². The number of carbonyl (C=O) groups excluding carboxylic acids is 1. The first kappa shape index (κ1) is 16.6. The maximum Gasteiger partial charge on any atom is 0.290 e. The zero-order valence-electron chi connectivity index (χ0n) is 13.0. The lowest BCUT2D eigenvalue weighted by molar-refractivity contribution is 0.0913. The van der Waals surface area contributed by atoms with Crippen molar-refractivity contribution in [3.63, 3.8) is 0 Å². The summed E-state index contributed by atoms with van der Waals surface area (Å²) in [6.45, 7) is 0.182. The smallest absolute Gasteiger partial charge is 0.290 e. The molecule has 2 aromatic carbocycles. The van der Waals surface area contributed by atoms with Crippen molar-refractivity contribution in [1.29, 1.82) is 0 Å². The topological polar surface area (TPSA) is 64.4 Å². The zero-order chi connectivity index (χ0) is 17.6. The van der Waals surface area contributed by atoms with E-state index in [9.17, 15) is 13.6 Å². The standard InChI is InChI=1S/C18H14F2N2O3/c19-14-7-6-13(15(20)8-14)10-21-18(23)16-9-17(22-25-16)24-11-12-4-2-1-3-5-12/h1-9H,10-11H2,(H,21,23). The van der Waals surface area contributed by atoms with Gasteiger partial charge < -0.3 is 14.6 Å². The van der Waals surface area contributed by atoms with Gasteiger partial charge >= 0.3 is 0 Å². The molecule has 0 aliphatic carbocycles. The van der Waals surface area contributed by atoms with E-state index in [-0.39, 0.29) is 30.4 Å². The van der Waals surface area contributed by atoms with Crippen molar-refractivity contribution in [2.45, 2.75) is 13.2 Å². The second-order valence-corrected chi connectivity index (χ2v) is 5.22. The molecule has 1 amide bonds. The number of aromatic nitrogens is 1. The number of ether oxygens (including phenoxy) is 1. The van der Waals surface area contributed by atoms with Gasteiger partial charge in [0.1, 0.15) is 18.2 Å². The number of hydrogen-bond donors (Lipinski definition) is 1. The monoisotopic (exact) mass is 344 g/mol. The molecule has 0 aliphatic heterocycles. The number of nitrogens with one attached hydrogen (secondary N) is 1. The Morgan fingerprint density at radius 3 is 2.68 bits per heavy atom. The van der Waals surface area contributed by atoms with E-state index < -0.39 is 17.5 Å². The minimum absolute atomic E-state index is 0.0643. The molecule has 128 valence electrons. The molecule has 5 nitrogen and oxygen atoms in total. The van der Waals surface area contributed by atoms with Crippen molar-refractivity contribution in [2.75, 3.05) is 0 Å². The van der Waals surface area contributed by atoms with Gasteiger partial charge in [-0.2, -0.15) is 0 Å². The highest BCUT2D eigenvalue weighted by Crippen LogP contribution is 2.14. The average Bonchev–Trinajstić information content (AvgIpc) is 3.09. The Bertz CT molecular complexity index is 866. The summed E-state index contributed by atoms with van der Waals surface area (Å²) in [5.41, 5.74) is 1.11. The van der Waals surface area contributed by atoms with Crippen molar-refractivity contribution in [1.82, 2.24) is 10.5 Å². The van der Waals surface area contributed by atoms with E-state index in [1.807, 2.05) is 30.3 Å². The Kier molecular flexibility index (Phi) is 5.03. The molecule has 0 spiro atoms. The Balaban J connectivity index is 1.55. The molecule has 1 aromatic heterocycles. The molecule has 0 fully saturated rings. The lowest BCUT2D eigenvalue weighted by Crippen LogP contribution is -2.22. The maximum absolute atomic E-state index is 13.5. The van der Waals surface area contributed by atoms with E-state index in [2.05, 4.69) is 10.5 Å². The van der Waals surface area contributed by atoms with Gasteiger partial charge in [0, 0.05) is 18.2 Å². The van der Waals surface area contributed by atoms with Crippen LogP contribution in [0.25, 0.3) is 0 Å². The number of carbonyl (C=O) groups is 1. The predicted molar refractivity (Wildman–Crippen MR) is 84.8 cm³/mol. The first-order chi connectivity index (χ1) is 12.1. The van der Waals surface area contributed by atoms with Gasteiger partial charge in [-0.25, -0.2) is 8.78 Å². The summed E-state index contributed by atoms with van der Waals surface area (Å²) < 4.78 is 36.7. The van der Waals surface area contributed by atoms with Crippen molar-refractivity contribution in [3.8, 4) is 5.88 Å². The quantitative estimate of drug-likeness (QED) is 0.744. The highest BCUT2D eigenvalue weighted by atomic mass is 19.1. The van der Waals surface area contributed by atoms with Crippen LogP contribution in [0.5, 0.6) is 5.88 Å². The summed E-state index contributed by atoms with van der Waals surface area (Å²) in [7, 11) is 0. The van der Waals surface area contributed by atoms with Crippen LogP contribution in [-0.2, 0) is 13.2 Å². The molecule has 1 heterocycles. The highest BCUT2D eigenvalue weighted by Gasteiger charge is 2.14. The Morgan fingerprint density at radius 2 is 1.92 bits per heavy atom. The molecule has 0 radical (unpaired) electrons. The van der Waals surface area contributed by atoms with Crippen LogP contribution in [0.2, 0.25) is 0 Å². The zero-order valence-corrected chi connectivity index (χ0v) is 13.0. The predicted octanol–water partition coefficient (Wildman–Crippen LogP) is 3.46. The molecule has 25 heavy (non-hydrogen) atoms. The van der Waals surface area contributed by atoms with E-state index in [1.165, 1.54) is 12.1 Å². The first-order valence-electron chi connectivity index (χ1n) is 7.47. The molecule has 0 bridgehead atoms. The minimum atomic E-state index is -0.732. The fourth-order valence-electron chi connectivity index (χ4n) is 2.09. The Hall–Kier alpha value is -3.22. The summed E-state index contributed by atoms with van der Waals surface area (Å²) >= 11 is 0. The third-order valence-electron chi connectivity index (χ3n) is 3.40. The number of rotatable bonds is 6. The normalized spacial score (nSPS) is 10.5. The fourth-order valence-corrected chi connectivity index (χ4v) is 2.09. The maximum atomic E-state index is 13.5. The summed E-state index contributed by atoms with van der Waals surface area (Å²) in [5, 5.41) is 6.13. The molecule has 3 aromatic rings. The van der Waals surface area contributed by atoms with Crippen LogP contribution >= 0.6 is 0 Å². The van der Waals surface area contributed by atoms with Gasteiger partial charge in [-0.1, -0.05) is 36.4 Å². The Morgan fingerprint density at radius 1 is 1.12 bits per heavy atom. The average molecular weight is 344 g/mol. The van der Waals surface area contributed by atoms with Gasteiger partial charge in [-0.05, 0) is 16.8 Å². The Labute approximate surface area is 142 Å². The molecule has 0 saturated heterocycles. The molecule has 0 saturated carbocycles. The third kappa shape index (κ3) is 4.41. The number of nitrogens with zero attached hydrogens (tertiary/aromatic N) is 1. The van der Waals surface area contributed by atoms with Gasteiger partial charge in [0.05, 0.1) is 6.07 Å². The first-order valence-corrected chi connectivity index (χ1v) is 7.47. The number of benzene rings is 2. The van der Waals surface area contributed by atoms with Crippen molar-refractivity contribution in [3.05, 3.63) is 83.1 Å². The summed E-state index contributed by atoms with van der Waals surface area (Å²) in [4.78, 5) is 12.0. The van der Waals surface area contributed by atoms with Gasteiger partial charge in [-0.15, -0.1) is 0 Å². The van der Waals surface area contributed by atoms with Crippen LogP contribution in [0, 0.1) is 11.6 Å². The van der Waals surface area contributed by atoms with Crippen LogP contribution in [0.15, 0.2) is 59.1 Å². The highest BCUT2D eigenvalue weighted by molar-refractivity contribution is 5.91. The molecular formula is C18H14F2N2O3.